The molecule has 0 fully saturated rings. The maximum Gasteiger partial charge on any atom is 0.325 e. The van der Waals surface area contributed by atoms with Gasteiger partial charge in [-0.2, -0.15) is 0 Å². The first kappa shape index (κ1) is 18.7. The van der Waals surface area contributed by atoms with E-state index in [1.54, 1.807) is 12.1 Å². The van der Waals surface area contributed by atoms with E-state index >= 15 is 0 Å². The zero-order chi connectivity index (χ0) is 18.4. The van der Waals surface area contributed by atoms with E-state index in [2.05, 4.69) is 26.1 Å². The van der Waals surface area contributed by atoms with Gasteiger partial charge in [-0.15, -0.1) is 0 Å². The number of carbonyl (C=O) groups excluding carboxylic acids is 2. The quantitative estimate of drug-likeness (QED) is 0.844. The van der Waals surface area contributed by atoms with Gasteiger partial charge in [-0.05, 0) is 35.6 Å². The fraction of sp³-hybridized carbons (Fsp3) is 0.333. The largest absolute Gasteiger partial charge is 0.460 e. The van der Waals surface area contributed by atoms with Crippen LogP contribution in [-0.2, 0) is 21.6 Å². The number of amides is 1. The van der Waals surface area contributed by atoms with Gasteiger partial charge >= 0.3 is 5.97 Å². The van der Waals surface area contributed by atoms with E-state index in [4.69, 9.17) is 4.74 Å². The lowest BCUT2D eigenvalue weighted by Gasteiger charge is -2.19. The number of hydrogen-bond donors (Lipinski definition) is 1. The number of ether oxygens (including phenoxy) is 1. The lowest BCUT2D eigenvalue weighted by atomic mass is 9.87. The third kappa shape index (κ3) is 5.75. The maximum absolute atomic E-state index is 12.0. The highest BCUT2D eigenvalue weighted by atomic mass is 16.5. The van der Waals surface area contributed by atoms with Gasteiger partial charge in [0.1, 0.15) is 13.2 Å². The van der Waals surface area contributed by atoms with Crippen molar-refractivity contribution >= 4 is 11.9 Å². The first-order valence-electron chi connectivity index (χ1n) is 8.35. The average molecular weight is 339 g/mol. The zero-order valence-corrected chi connectivity index (χ0v) is 15.3. The van der Waals surface area contributed by atoms with Crippen molar-refractivity contribution in [1.29, 1.82) is 0 Å². The van der Waals surface area contributed by atoms with E-state index in [1.165, 1.54) is 5.56 Å². The summed E-state index contributed by atoms with van der Waals surface area (Å²) in [5.41, 5.74) is 3.77. The minimum absolute atomic E-state index is 0.0925. The summed E-state index contributed by atoms with van der Waals surface area (Å²) in [5.74, 6) is -0.740. The molecule has 0 saturated carbocycles. The molecule has 0 saturated heterocycles. The molecule has 1 amide bonds. The van der Waals surface area contributed by atoms with Gasteiger partial charge in [0.25, 0.3) is 5.91 Å². The summed E-state index contributed by atoms with van der Waals surface area (Å²) < 4.78 is 5.21. The molecular formula is C21H25NO3. The van der Waals surface area contributed by atoms with E-state index < -0.39 is 5.97 Å². The molecular weight excluding hydrogens is 314 g/mol. The third-order valence-electron chi connectivity index (χ3n) is 3.89. The Morgan fingerprint density at radius 2 is 1.72 bits per heavy atom. The van der Waals surface area contributed by atoms with Crippen LogP contribution >= 0.6 is 0 Å². The van der Waals surface area contributed by atoms with Gasteiger partial charge < -0.3 is 10.1 Å². The topological polar surface area (TPSA) is 55.4 Å². The Hall–Kier alpha value is -2.62. The Balaban J connectivity index is 1.80. The lowest BCUT2D eigenvalue weighted by molar-refractivity contribution is -0.143. The maximum atomic E-state index is 12.0. The van der Waals surface area contributed by atoms with Crippen molar-refractivity contribution in [2.45, 2.75) is 39.7 Å². The van der Waals surface area contributed by atoms with Crippen molar-refractivity contribution in [3.63, 3.8) is 0 Å². The second kappa shape index (κ2) is 7.97. The first-order valence-corrected chi connectivity index (χ1v) is 8.35. The molecule has 0 radical (unpaired) electrons. The van der Waals surface area contributed by atoms with Crippen LogP contribution in [0.25, 0.3) is 0 Å². The second-order valence-electron chi connectivity index (χ2n) is 7.16. The second-order valence-corrected chi connectivity index (χ2v) is 7.16. The number of rotatable bonds is 5. The highest BCUT2D eigenvalue weighted by Crippen LogP contribution is 2.22. The zero-order valence-electron chi connectivity index (χ0n) is 15.3. The molecule has 0 aliphatic carbocycles. The van der Waals surface area contributed by atoms with Gasteiger partial charge in [0.15, 0.2) is 0 Å². The van der Waals surface area contributed by atoms with Crippen LogP contribution in [0.15, 0.2) is 48.5 Å². The number of nitrogens with one attached hydrogen (secondary N) is 1. The standard InChI is InChI=1S/C21H25NO3/c1-15-6-5-7-17(12-15)20(24)22-13-19(23)25-14-16-8-10-18(11-9-16)21(2,3)4/h5-12H,13-14H2,1-4H3,(H,22,24). The molecule has 0 spiro atoms. The number of esters is 1. The van der Waals surface area contributed by atoms with Gasteiger partial charge in [0.2, 0.25) is 0 Å². The molecule has 2 aromatic rings. The van der Waals surface area contributed by atoms with Crippen LogP contribution in [0.2, 0.25) is 0 Å². The van der Waals surface area contributed by atoms with Gasteiger partial charge in [0, 0.05) is 5.56 Å². The summed E-state index contributed by atoms with van der Waals surface area (Å²) in [6.45, 7) is 8.42. The van der Waals surface area contributed by atoms with Crippen LogP contribution in [0.1, 0.15) is 47.8 Å². The Morgan fingerprint density at radius 3 is 2.32 bits per heavy atom. The highest BCUT2D eigenvalue weighted by molar-refractivity contribution is 5.96. The summed E-state index contributed by atoms with van der Waals surface area (Å²) in [4.78, 5) is 23.8. The third-order valence-corrected chi connectivity index (χ3v) is 3.89. The molecule has 1 N–H and O–H groups in total. The summed E-state index contributed by atoms with van der Waals surface area (Å²) in [5, 5.41) is 2.58. The van der Waals surface area contributed by atoms with Crippen molar-refractivity contribution in [2.24, 2.45) is 0 Å². The normalized spacial score (nSPS) is 11.0. The fourth-order valence-corrected chi connectivity index (χ4v) is 2.36. The number of carbonyl (C=O) groups is 2. The van der Waals surface area contributed by atoms with Gasteiger partial charge in [-0.3, -0.25) is 9.59 Å². The molecule has 0 bridgehead atoms. The lowest BCUT2D eigenvalue weighted by Crippen LogP contribution is -2.30. The first-order chi connectivity index (χ1) is 11.8. The van der Waals surface area contributed by atoms with Crippen LogP contribution < -0.4 is 5.32 Å². The molecule has 2 rings (SSSR count). The summed E-state index contributed by atoms with van der Waals surface area (Å²) in [6, 6.07) is 15.2. The Labute approximate surface area is 149 Å². The predicted octanol–water partition coefficient (Wildman–Crippen LogP) is 3.77. The average Bonchev–Trinajstić information content (AvgIpc) is 2.57. The Kier molecular flexibility index (Phi) is 5.97. The number of aryl methyl sites for hydroxylation is 1. The number of benzene rings is 2. The van der Waals surface area contributed by atoms with E-state index in [1.807, 2.05) is 43.3 Å². The molecule has 0 aliphatic rings. The van der Waals surface area contributed by atoms with Crippen LogP contribution in [0.5, 0.6) is 0 Å². The van der Waals surface area contributed by atoms with Crippen LogP contribution in [0.3, 0.4) is 0 Å². The van der Waals surface area contributed by atoms with E-state index in [-0.39, 0.29) is 24.5 Å². The predicted molar refractivity (Wildman–Crippen MR) is 98.5 cm³/mol. The van der Waals surface area contributed by atoms with Crippen LogP contribution in [0.4, 0.5) is 0 Å². The van der Waals surface area contributed by atoms with E-state index in [9.17, 15) is 9.59 Å². The van der Waals surface area contributed by atoms with E-state index in [0.717, 1.165) is 11.1 Å². The summed E-state index contributed by atoms with van der Waals surface area (Å²) in [6.07, 6.45) is 0. The highest BCUT2D eigenvalue weighted by Gasteiger charge is 2.13. The Bertz CT molecular complexity index is 742. The smallest absolute Gasteiger partial charge is 0.325 e. The van der Waals surface area contributed by atoms with Crippen molar-refractivity contribution < 1.29 is 14.3 Å². The van der Waals surface area contributed by atoms with Crippen molar-refractivity contribution in [1.82, 2.24) is 5.32 Å². The van der Waals surface area contributed by atoms with Crippen LogP contribution in [-0.4, -0.2) is 18.4 Å². The summed E-state index contributed by atoms with van der Waals surface area (Å²) in [7, 11) is 0. The number of hydrogen-bond acceptors (Lipinski definition) is 3. The SMILES string of the molecule is Cc1cccc(C(=O)NCC(=O)OCc2ccc(C(C)(C)C)cc2)c1. The molecule has 4 nitrogen and oxygen atoms in total. The van der Waals surface area contributed by atoms with Gasteiger partial charge in [0.05, 0.1) is 0 Å². The molecule has 4 heteroatoms. The van der Waals surface area contributed by atoms with Gasteiger partial charge in [-0.25, -0.2) is 0 Å². The van der Waals surface area contributed by atoms with E-state index in [0.29, 0.717) is 5.56 Å². The molecule has 0 heterocycles. The molecule has 0 aromatic heterocycles. The molecule has 132 valence electrons. The molecule has 0 unspecified atom stereocenters. The fourth-order valence-electron chi connectivity index (χ4n) is 2.36. The molecule has 2 aromatic carbocycles. The molecule has 25 heavy (non-hydrogen) atoms. The van der Waals surface area contributed by atoms with Crippen molar-refractivity contribution in [3.8, 4) is 0 Å². The monoisotopic (exact) mass is 339 g/mol. The molecule has 0 atom stereocenters. The van der Waals surface area contributed by atoms with Gasteiger partial charge in [-0.1, -0.05) is 62.7 Å². The minimum atomic E-state index is -0.457. The Morgan fingerprint density at radius 1 is 1.04 bits per heavy atom. The van der Waals surface area contributed by atoms with Crippen molar-refractivity contribution in [2.75, 3.05) is 6.54 Å². The summed E-state index contributed by atoms with van der Waals surface area (Å²) >= 11 is 0. The molecule has 0 aliphatic heterocycles. The van der Waals surface area contributed by atoms with Crippen LogP contribution in [0, 0.1) is 6.92 Å². The minimum Gasteiger partial charge on any atom is -0.460 e. The van der Waals surface area contributed by atoms with Crippen molar-refractivity contribution in [3.05, 3.63) is 70.8 Å².